The van der Waals surface area contributed by atoms with Gasteiger partial charge in [-0.15, -0.1) is 0 Å². The average Bonchev–Trinajstić information content (AvgIpc) is 3.25. The standard InChI is InChI=1S/C24H20N6O2.C2H6/c1-29-13-3-5-17(24(29)32)19-10-11-20-23(27-19)30(16-8-6-15(14-31)7-9-16)22(28-20)18-4-2-12-26-21(18)25;1-2/h2-13,31H,14H2,1H3,(H2,25,26);1-2H3. The molecule has 0 amide bonds. The van der Waals surface area contributed by atoms with Crippen LogP contribution in [0.15, 0.2) is 77.9 Å². The molecule has 4 aromatic heterocycles. The van der Waals surface area contributed by atoms with E-state index in [0.717, 1.165) is 11.3 Å². The number of benzene rings is 1. The molecule has 5 rings (SSSR count). The third-order valence-corrected chi connectivity index (χ3v) is 5.36. The summed E-state index contributed by atoms with van der Waals surface area (Å²) in [6, 6.07) is 18.3. The fourth-order valence-corrected chi connectivity index (χ4v) is 3.68. The van der Waals surface area contributed by atoms with Crippen LogP contribution in [-0.4, -0.2) is 29.2 Å². The molecule has 0 atom stereocenters. The molecule has 0 spiro atoms. The Morgan fingerprint density at radius 3 is 2.38 bits per heavy atom. The van der Waals surface area contributed by atoms with Crippen LogP contribution in [0.3, 0.4) is 0 Å². The summed E-state index contributed by atoms with van der Waals surface area (Å²) in [5.41, 5.74) is 10.6. The lowest BCUT2D eigenvalue weighted by Crippen LogP contribution is -2.17. The highest BCUT2D eigenvalue weighted by Crippen LogP contribution is 2.31. The van der Waals surface area contributed by atoms with Gasteiger partial charge >= 0.3 is 0 Å². The van der Waals surface area contributed by atoms with Gasteiger partial charge in [-0.2, -0.15) is 0 Å². The first kappa shape index (κ1) is 22.9. The number of aryl methyl sites for hydroxylation is 1. The Balaban J connectivity index is 0.00000133. The molecule has 0 bridgehead atoms. The molecule has 0 radical (unpaired) electrons. The largest absolute Gasteiger partial charge is 0.392 e. The summed E-state index contributed by atoms with van der Waals surface area (Å²) >= 11 is 0. The molecule has 0 aliphatic rings. The lowest BCUT2D eigenvalue weighted by Gasteiger charge is -2.11. The van der Waals surface area contributed by atoms with Crippen molar-refractivity contribution in [1.29, 1.82) is 0 Å². The van der Waals surface area contributed by atoms with Crippen molar-refractivity contribution in [2.45, 2.75) is 20.5 Å². The van der Waals surface area contributed by atoms with Gasteiger partial charge < -0.3 is 15.4 Å². The van der Waals surface area contributed by atoms with Gasteiger partial charge in [0.05, 0.1) is 23.4 Å². The molecule has 0 unspecified atom stereocenters. The topological polar surface area (TPSA) is 112 Å². The lowest BCUT2D eigenvalue weighted by molar-refractivity contribution is 0.282. The highest BCUT2D eigenvalue weighted by atomic mass is 16.3. The molecule has 4 heterocycles. The van der Waals surface area contributed by atoms with Crippen molar-refractivity contribution in [2.24, 2.45) is 7.05 Å². The van der Waals surface area contributed by atoms with Crippen LogP contribution >= 0.6 is 0 Å². The number of nitrogens with zero attached hydrogens (tertiary/aromatic N) is 5. The van der Waals surface area contributed by atoms with E-state index >= 15 is 0 Å². The number of aliphatic hydroxyl groups is 1. The highest BCUT2D eigenvalue weighted by Gasteiger charge is 2.19. The fraction of sp³-hybridized carbons (Fsp3) is 0.154. The molecule has 0 fully saturated rings. The molecule has 0 aliphatic carbocycles. The van der Waals surface area contributed by atoms with E-state index in [1.165, 1.54) is 4.57 Å². The number of aromatic nitrogens is 5. The molecule has 0 saturated carbocycles. The van der Waals surface area contributed by atoms with Crippen LogP contribution in [0.5, 0.6) is 0 Å². The molecule has 8 heteroatoms. The number of aliphatic hydroxyl groups excluding tert-OH is 1. The van der Waals surface area contributed by atoms with Crippen LogP contribution < -0.4 is 11.3 Å². The summed E-state index contributed by atoms with van der Waals surface area (Å²) in [6.45, 7) is 3.95. The van der Waals surface area contributed by atoms with Crippen molar-refractivity contribution in [3.63, 3.8) is 0 Å². The zero-order chi connectivity index (χ0) is 24.2. The van der Waals surface area contributed by atoms with E-state index in [4.69, 9.17) is 15.7 Å². The molecule has 172 valence electrons. The Kier molecular flexibility index (Phi) is 6.51. The van der Waals surface area contributed by atoms with Crippen LogP contribution in [0.1, 0.15) is 19.4 Å². The SMILES string of the molecule is CC.Cn1cccc(-c2ccc3nc(-c4cccnc4N)n(-c4ccc(CO)cc4)c3n2)c1=O. The highest BCUT2D eigenvalue weighted by molar-refractivity contribution is 5.84. The average molecular weight is 455 g/mol. The van der Waals surface area contributed by atoms with E-state index in [2.05, 4.69) is 4.98 Å². The molecule has 0 aliphatic heterocycles. The number of pyridine rings is 3. The van der Waals surface area contributed by atoms with E-state index in [1.54, 1.807) is 37.6 Å². The summed E-state index contributed by atoms with van der Waals surface area (Å²) in [5.74, 6) is 0.946. The van der Waals surface area contributed by atoms with Gasteiger partial charge in [0.1, 0.15) is 11.3 Å². The molecule has 3 N–H and O–H groups in total. The van der Waals surface area contributed by atoms with Crippen LogP contribution in [-0.2, 0) is 13.7 Å². The molecular formula is C26H26N6O2. The molecule has 1 aromatic carbocycles. The minimum absolute atomic E-state index is 0.0485. The first-order chi connectivity index (χ1) is 16.6. The zero-order valence-electron chi connectivity index (χ0n) is 19.3. The maximum atomic E-state index is 12.7. The van der Waals surface area contributed by atoms with Crippen molar-refractivity contribution in [3.05, 3.63) is 89.0 Å². The van der Waals surface area contributed by atoms with E-state index in [0.29, 0.717) is 39.6 Å². The number of hydrogen-bond acceptors (Lipinski definition) is 6. The number of hydrogen-bond donors (Lipinski definition) is 2. The normalized spacial score (nSPS) is 10.7. The maximum Gasteiger partial charge on any atom is 0.259 e. The number of nitrogens with two attached hydrogens (primary N) is 1. The quantitative estimate of drug-likeness (QED) is 0.425. The van der Waals surface area contributed by atoms with Crippen molar-refractivity contribution in [2.75, 3.05) is 5.73 Å². The van der Waals surface area contributed by atoms with Gasteiger partial charge in [-0.05, 0) is 54.1 Å². The second-order valence-corrected chi connectivity index (χ2v) is 7.41. The Hall–Kier alpha value is -4.30. The predicted molar refractivity (Wildman–Crippen MR) is 134 cm³/mol. The van der Waals surface area contributed by atoms with Crippen molar-refractivity contribution < 1.29 is 5.11 Å². The van der Waals surface area contributed by atoms with Crippen LogP contribution in [0, 0.1) is 0 Å². The van der Waals surface area contributed by atoms with Crippen LogP contribution in [0.2, 0.25) is 0 Å². The van der Waals surface area contributed by atoms with Gasteiger partial charge in [0.2, 0.25) is 0 Å². The van der Waals surface area contributed by atoms with Gasteiger partial charge in [-0.25, -0.2) is 15.0 Å². The summed E-state index contributed by atoms with van der Waals surface area (Å²) in [7, 11) is 1.71. The van der Waals surface area contributed by atoms with Gasteiger partial charge in [0.25, 0.3) is 5.56 Å². The van der Waals surface area contributed by atoms with Crippen molar-refractivity contribution in [1.82, 2.24) is 24.1 Å². The Labute approximate surface area is 197 Å². The van der Waals surface area contributed by atoms with E-state index in [9.17, 15) is 9.90 Å². The van der Waals surface area contributed by atoms with Gasteiger partial charge in [0, 0.05) is 25.1 Å². The second-order valence-electron chi connectivity index (χ2n) is 7.41. The summed E-state index contributed by atoms with van der Waals surface area (Å²) in [6.07, 6.45) is 3.34. The van der Waals surface area contributed by atoms with Crippen molar-refractivity contribution >= 4 is 17.0 Å². The summed E-state index contributed by atoms with van der Waals surface area (Å²) in [4.78, 5) is 26.5. The first-order valence-electron chi connectivity index (χ1n) is 11.0. The minimum Gasteiger partial charge on any atom is -0.392 e. The third-order valence-electron chi connectivity index (χ3n) is 5.36. The monoisotopic (exact) mass is 454 g/mol. The number of anilines is 1. The number of rotatable bonds is 4. The lowest BCUT2D eigenvalue weighted by atomic mass is 10.2. The van der Waals surface area contributed by atoms with Crippen LogP contribution in [0.4, 0.5) is 5.82 Å². The number of imidazole rings is 1. The Morgan fingerprint density at radius 1 is 0.941 bits per heavy atom. The predicted octanol–water partition coefficient (Wildman–Crippen LogP) is 3.95. The summed E-state index contributed by atoms with van der Waals surface area (Å²) < 4.78 is 3.41. The van der Waals surface area contributed by atoms with Gasteiger partial charge in [0.15, 0.2) is 11.5 Å². The Morgan fingerprint density at radius 2 is 1.68 bits per heavy atom. The van der Waals surface area contributed by atoms with Crippen molar-refractivity contribution in [3.8, 4) is 28.3 Å². The van der Waals surface area contributed by atoms with Gasteiger partial charge in [-0.1, -0.05) is 26.0 Å². The smallest absolute Gasteiger partial charge is 0.259 e. The van der Waals surface area contributed by atoms with E-state index < -0.39 is 0 Å². The number of fused-ring (bicyclic) bond motifs is 1. The second kappa shape index (κ2) is 9.68. The molecule has 5 aromatic rings. The maximum absolute atomic E-state index is 12.7. The summed E-state index contributed by atoms with van der Waals surface area (Å²) in [5, 5.41) is 9.42. The zero-order valence-corrected chi connectivity index (χ0v) is 19.3. The molecule has 34 heavy (non-hydrogen) atoms. The number of nitrogen functional groups attached to an aromatic ring is 1. The van der Waals surface area contributed by atoms with Gasteiger partial charge in [-0.3, -0.25) is 9.36 Å². The molecule has 0 saturated heterocycles. The molecular weight excluding hydrogens is 428 g/mol. The molecule has 8 nitrogen and oxygen atoms in total. The van der Waals surface area contributed by atoms with E-state index in [1.807, 2.05) is 60.9 Å². The van der Waals surface area contributed by atoms with Crippen LogP contribution in [0.25, 0.3) is 39.5 Å². The third kappa shape index (κ3) is 4.06. The fourth-order valence-electron chi connectivity index (χ4n) is 3.68. The minimum atomic E-state index is -0.130. The van der Waals surface area contributed by atoms with E-state index in [-0.39, 0.29) is 12.2 Å². The first-order valence-corrected chi connectivity index (χ1v) is 11.0. The Bertz CT molecular complexity index is 1500.